The van der Waals surface area contributed by atoms with Crippen LogP contribution in [-0.2, 0) is 10.8 Å². The summed E-state index contributed by atoms with van der Waals surface area (Å²) in [6.07, 6.45) is -0.0415. The second-order valence-electron chi connectivity index (χ2n) is 5.09. The van der Waals surface area contributed by atoms with E-state index in [-0.39, 0.29) is 17.7 Å². The summed E-state index contributed by atoms with van der Waals surface area (Å²) >= 11 is 1.37. The third kappa shape index (κ3) is 3.50. The first-order chi connectivity index (χ1) is 10.5. The Morgan fingerprint density at radius 2 is 2.09 bits per heavy atom. The number of aromatic nitrogens is 2. The van der Waals surface area contributed by atoms with Crippen LogP contribution in [0.3, 0.4) is 0 Å². The van der Waals surface area contributed by atoms with E-state index >= 15 is 0 Å². The van der Waals surface area contributed by atoms with Crippen LogP contribution >= 0.6 is 11.3 Å². The van der Waals surface area contributed by atoms with Gasteiger partial charge in [0.25, 0.3) is 5.91 Å². The van der Waals surface area contributed by atoms with Crippen molar-refractivity contribution < 1.29 is 13.7 Å². The first-order valence-corrected chi connectivity index (χ1v) is 9.10. The lowest BCUT2D eigenvalue weighted by atomic mass is 10.2. The quantitative estimate of drug-likeness (QED) is 0.922. The van der Waals surface area contributed by atoms with Crippen LogP contribution in [0.1, 0.15) is 21.9 Å². The van der Waals surface area contributed by atoms with Crippen LogP contribution in [0.5, 0.6) is 5.75 Å². The van der Waals surface area contributed by atoms with Gasteiger partial charge in [-0.3, -0.25) is 14.3 Å². The molecule has 1 N–H and O–H groups in total. The zero-order valence-corrected chi connectivity index (χ0v) is 13.8. The van der Waals surface area contributed by atoms with Gasteiger partial charge in [-0.25, -0.2) is 9.97 Å². The molecule has 0 saturated carbocycles. The van der Waals surface area contributed by atoms with Gasteiger partial charge in [0, 0.05) is 34.0 Å². The fourth-order valence-corrected chi connectivity index (χ4v) is 3.57. The molecule has 1 aliphatic rings. The van der Waals surface area contributed by atoms with Crippen molar-refractivity contribution in [2.45, 2.75) is 20.0 Å². The Morgan fingerprint density at radius 1 is 1.32 bits per heavy atom. The van der Waals surface area contributed by atoms with Gasteiger partial charge in [0.2, 0.25) is 0 Å². The molecule has 1 fully saturated rings. The predicted octanol–water partition coefficient (Wildman–Crippen LogP) is 1.92. The topological polar surface area (TPSA) is 81.2 Å². The molecule has 6 nitrogen and oxygen atoms in total. The van der Waals surface area contributed by atoms with Crippen LogP contribution in [0.4, 0.5) is 5.13 Å². The Hall–Kier alpha value is -1.80. The second kappa shape index (κ2) is 6.13. The maximum Gasteiger partial charge on any atom is 0.276 e. The number of ether oxygens (including phenoxy) is 1. The number of hydrogen-bond donors (Lipinski definition) is 1. The van der Waals surface area contributed by atoms with Crippen molar-refractivity contribution in [3.05, 3.63) is 34.6 Å². The molecule has 0 bridgehead atoms. The fourth-order valence-electron chi connectivity index (χ4n) is 2.02. The summed E-state index contributed by atoms with van der Waals surface area (Å²) in [6.45, 7) is 3.67. The van der Waals surface area contributed by atoms with Crippen molar-refractivity contribution in [1.29, 1.82) is 0 Å². The van der Waals surface area contributed by atoms with Crippen LogP contribution in [-0.4, -0.2) is 37.7 Å². The zero-order chi connectivity index (χ0) is 15.7. The molecule has 3 rings (SSSR count). The van der Waals surface area contributed by atoms with E-state index in [1.807, 2.05) is 12.3 Å². The molecule has 1 amide bonds. The van der Waals surface area contributed by atoms with E-state index in [1.165, 1.54) is 11.3 Å². The first kappa shape index (κ1) is 15.1. The van der Waals surface area contributed by atoms with E-state index < -0.39 is 10.8 Å². The molecule has 1 aliphatic heterocycles. The zero-order valence-electron chi connectivity index (χ0n) is 12.2. The van der Waals surface area contributed by atoms with Crippen molar-refractivity contribution in [3.63, 3.8) is 0 Å². The summed E-state index contributed by atoms with van der Waals surface area (Å²) < 4.78 is 16.8. The maximum atomic E-state index is 12.2. The molecule has 0 spiro atoms. The Morgan fingerprint density at radius 3 is 2.73 bits per heavy atom. The molecule has 0 atom stereocenters. The van der Waals surface area contributed by atoms with Gasteiger partial charge in [-0.2, -0.15) is 0 Å². The number of pyridine rings is 1. The average molecular weight is 337 g/mol. The molecule has 116 valence electrons. The van der Waals surface area contributed by atoms with Crippen molar-refractivity contribution in [3.8, 4) is 5.75 Å². The predicted molar refractivity (Wildman–Crippen MR) is 86.1 cm³/mol. The van der Waals surface area contributed by atoms with Gasteiger partial charge >= 0.3 is 0 Å². The summed E-state index contributed by atoms with van der Waals surface area (Å²) in [5.41, 5.74) is 1.83. The smallest absolute Gasteiger partial charge is 0.276 e. The van der Waals surface area contributed by atoms with Gasteiger partial charge in [0.05, 0.1) is 17.2 Å². The Kier molecular flexibility index (Phi) is 4.21. The number of aryl methyl sites for hydroxylation is 2. The highest BCUT2D eigenvalue weighted by Crippen LogP contribution is 2.21. The Labute approximate surface area is 134 Å². The van der Waals surface area contributed by atoms with E-state index in [9.17, 15) is 9.00 Å². The first-order valence-electron chi connectivity index (χ1n) is 6.73. The molecule has 8 heteroatoms. The van der Waals surface area contributed by atoms with Gasteiger partial charge in [0.1, 0.15) is 17.5 Å². The van der Waals surface area contributed by atoms with Gasteiger partial charge in [-0.05, 0) is 13.8 Å². The highest BCUT2D eigenvalue weighted by atomic mass is 32.2. The highest BCUT2D eigenvalue weighted by molar-refractivity contribution is 7.86. The summed E-state index contributed by atoms with van der Waals surface area (Å²) in [5, 5.41) is 5.13. The molecule has 3 heterocycles. The minimum Gasteiger partial charge on any atom is -0.488 e. The molecule has 0 aromatic carbocycles. The van der Waals surface area contributed by atoms with Gasteiger partial charge < -0.3 is 4.74 Å². The third-order valence-corrected chi connectivity index (χ3v) is 5.41. The van der Waals surface area contributed by atoms with Crippen LogP contribution < -0.4 is 10.1 Å². The summed E-state index contributed by atoms with van der Waals surface area (Å²) in [4.78, 5) is 20.7. The Balaban J connectivity index is 1.73. The summed E-state index contributed by atoms with van der Waals surface area (Å²) in [6, 6.07) is 3.37. The normalized spacial score (nSPS) is 20.3. The number of thiazole rings is 1. The van der Waals surface area contributed by atoms with E-state index in [1.54, 1.807) is 19.1 Å². The second-order valence-corrected chi connectivity index (χ2v) is 7.50. The van der Waals surface area contributed by atoms with Gasteiger partial charge in [-0.15, -0.1) is 11.3 Å². The summed E-state index contributed by atoms with van der Waals surface area (Å²) in [5.74, 6) is 1.34. The summed E-state index contributed by atoms with van der Waals surface area (Å²) in [7, 11) is -0.766. The van der Waals surface area contributed by atoms with Crippen LogP contribution in [0.25, 0.3) is 0 Å². The number of carbonyl (C=O) groups excluding carboxylic acids is 1. The van der Waals surface area contributed by atoms with Crippen LogP contribution in [0.15, 0.2) is 17.5 Å². The molecule has 2 aromatic heterocycles. The molecule has 0 aliphatic carbocycles. The van der Waals surface area contributed by atoms with Gasteiger partial charge in [0.15, 0.2) is 5.13 Å². The van der Waals surface area contributed by atoms with Crippen molar-refractivity contribution >= 4 is 33.2 Å². The molecule has 1 saturated heterocycles. The Bertz CT molecular complexity index is 737. The molecule has 2 aromatic rings. The maximum absolute atomic E-state index is 12.2. The molecule has 0 radical (unpaired) electrons. The monoisotopic (exact) mass is 337 g/mol. The SMILES string of the molecule is Cc1cc(OC2CS(=O)C2)cc(C(=O)Nc2nc(C)cs2)n1. The van der Waals surface area contributed by atoms with Crippen LogP contribution in [0, 0.1) is 13.8 Å². The van der Waals surface area contributed by atoms with E-state index in [0.717, 1.165) is 5.69 Å². The number of carbonyl (C=O) groups is 1. The van der Waals surface area contributed by atoms with E-state index in [0.29, 0.717) is 28.1 Å². The minimum atomic E-state index is -0.766. The van der Waals surface area contributed by atoms with Crippen molar-refractivity contribution in [2.24, 2.45) is 0 Å². The fraction of sp³-hybridized carbons (Fsp3) is 0.357. The molecule has 22 heavy (non-hydrogen) atoms. The van der Waals surface area contributed by atoms with E-state index in [2.05, 4.69) is 15.3 Å². The number of hydrogen-bond acceptors (Lipinski definition) is 6. The largest absolute Gasteiger partial charge is 0.488 e. The van der Waals surface area contributed by atoms with Crippen LogP contribution in [0.2, 0.25) is 0 Å². The number of rotatable bonds is 4. The molecular formula is C14H15N3O3S2. The third-order valence-electron chi connectivity index (χ3n) is 3.05. The lowest BCUT2D eigenvalue weighted by Crippen LogP contribution is -2.41. The number of amides is 1. The van der Waals surface area contributed by atoms with Crippen molar-refractivity contribution in [1.82, 2.24) is 9.97 Å². The average Bonchev–Trinajstić information content (AvgIpc) is 2.81. The number of nitrogens with one attached hydrogen (secondary N) is 1. The number of nitrogens with zero attached hydrogens (tertiary/aromatic N) is 2. The lowest BCUT2D eigenvalue weighted by Gasteiger charge is -2.25. The standard InChI is InChI=1S/C14H15N3O3S2/c1-8-3-10(20-11-6-22(19)7-11)4-12(15-8)13(18)17-14-16-9(2)5-21-14/h3-5,11H,6-7H2,1-2H3,(H,16,17,18). The molecular weight excluding hydrogens is 322 g/mol. The van der Waals surface area contributed by atoms with E-state index in [4.69, 9.17) is 4.74 Å². The molecule has 0 unspecified atom stereocenters. The number of anilines is 1. The minimum absolute atomic E-state index is 0.0415. The lowest BCUT2D eigenvalue weighted by molar-refractivity contribution is 0.102. The highest BCUT2D eigenvalue weighted by Gasteiger charge is 2.27. The van der Waals surface area contributed by atoms with Crippen molar-refractivity contribution in [2.75, 3.05) is 16.8 Å². The van der Waals surface area contributed by atoms with Gasteiger partial charge in [-0.1, -0.05) is 0 Å².